The molecular weight excluding hydrogens is 226 g/mol. The standard InChI is InChI=1S/C13H23N5/c1-17(9-11-5-3-2-4-6-11)10-13-14-15-16-18(13)12-7-8-12/h11-12H,2-10H2,1H3. The van der Waals surface area contributed by atoms with Crippen LogP contribution in [0.4, 0.5) is 0 Å². The first-order chi connectivity index (χ1) is 8.83. The molecule has 2 saturated carbocycles. The van der Waals surface area contributed by atoms with Gasteiger partial charge in [-0.3, -0.25) is 4.90 Å². The van der Waals surface area contributed by atoms with Gasteiger partial charge in [0, 0.05) is 6.54 Å². The van der Waals surface area contributed by atoms with Crippen molar-refractivity contribution in [1.82, 2.24) is 25.1 Å². The second kappa shape index (κ2) is 5.34. The number of aromatic nitrogens is 4. The Balaban J connectivity index is 1.53. The molecule has 2 aliphatic carbocycles. The van der Waals surface area contributed by atoms with Gasteiger partial charge in [-0.05, 0) is 49.1 Å². The van der Waals surface area contributed by atoms with Crippen molar-refractivity contribution in [2.45, 2.75) is 57.5 Å². The highest BCUT2D eigenvalue weighted by Crippen LogP contribution is 2.34. The summed E-state index contributed by atoms with van der Waals surface area (Å²) in [5.41, 5.74) is 0. The van der Waals surface area contributed by atoms with Crippen LogP contribution in [0, 0.1) is 5.92 Å². The summed E-state index contributed by atoms with van der Waals surface area (Å²) in [6.07, 6.45) is 9.54. The van der Waals surface area contributed by atoms with Gasteiger partial charge in [0.25, 0.3) is 0 Å². The van der Waals surface area contributed by atoms with Crippen molar-refractivity contribution in [2.75, 3.05) is 13.6 Å². The van der Waals surface area contributed by atoms with Crippen LogP contribution in [-0.4, -0.2) is 38.7 Å². The minimum absolute atomic E-state index is 0.582. The Bertz CT molecular complexity index is 378. The molecule has 0 saturated heterocycles. The maximum atomic E-state index is 4.17. The summed E-state index contributed by atoms with van der Waals surface area (Å²) in [7, 11) is 2.19. The van der Waals surface area contributed by atoms with Crippen molar-refractivity contribution in [2.24, 2.45) is 5.92 Å². The van der Waals surface area contributed by atoms with Crippen molar-refractivity contribution >= 4 is 0 Å². The quantitative estimate of drug-likeness (QED) is 0.801. The molecule has 0 aliphatic heterocycles. The first-order valence-corrected chi connectivity index (χ1v) is 7.28. The van der Waals surface area contributed by atoms with E-state index in [9.17, 15) is 0 Å². The number of tetrazole rings is 1. The van der Waals surface area contributed by atoms with Crippen molar-refractivity contribution < 1.29 is 0 Å². The van der Waals surface area contributed by atoms with Crippen molar-refractivity contribution in [3.8, 4) is 0 Å². The summed E-state index contributed by atoms with van der Waals surface area (Å²) in [5.74, 6) is 1.92. The van der Waals surface area contributed by atoms with Crippen LogP contribution in [0.1, 0.15) is 56.8 Å². The Morgan fingerprint density at radius 1 is 1.17 bits per heavy atom. The number of hydrogen-bond donors (Lipinski definition) is 0. The molecule has 1 heterocycles. The van der Waals surface area contributed by atoms with Gasteiger partial charge < -0.3 is 0 Å². The van der Waals surface area contributed by atoms with Crippen LogP contribution in [0.2, 0.25) is 0 Å². The summed E-state index contributed by atoms with van der Waals surface area (Å²) in [6, 6.07) is 0.582. The van der Waals surface area contributed by atoms with Crippen molar-refractivity contribution in [3.63, 3.8) is 0 Å². The maximum Gasteiger partial charge on any atom is 0.165 e. The Labute approximate surface area is 109 Å². The monoisotopic (exact) mass is 249 g/mol. The number of nitrogens with zero attached hydrogens (tertiary/aromatic N) is 5. The zero-order valence-electron chi connectivity index (χ0n) is 11.3. The molecule has 0 unspecified atom stereocenters. The Hall–Kier alpha value is -0.970. The molecule has 0 bridgehead atoms. The molecule has 100 valence electrons. The highest BCUT2D eigenvalue weighted by molar-refractivity contribution is 4.90. The van der Waals surface area contributed by atoms with Crippen LogP contribution in [0.5, 0.6) is 0 Å². The van der Waals surface area contributed by atoms with Gasteiger partial charge in [-0.15, -0.1) is 5.10 Å². The largest absolute Gasteiger partial charge is 0.299 e. The molecule has 18 heavy (non-hydrogen) atoms. The average Bonchev–Trinajstić information content (AvgIpc) is 3.12. The second-order valence-electron chi connectivity index (χ2n) is 5.97. The zero-order valence-corrected chi connectivity index (χ0v) is 11.3. The van der Waals surface area contributed by atoms with Gasteiger partial charge in [-0.1, -0.05) is 19.3 Å². The second-order valence-corrected chi connectivity index (χ2v) is 5.97. The van der Waals surface area contributed by atoms with E-state index in [2.05, 4.69) is 27.5 Å². The SMILES string of the molecule is CN(Cc1nnnn1C1CC1)CC1CCCCC1. The fourth-order valence-electron chi connectivity index (χ4n) is 3.04. The van der Waals surface area contributed by atoms with Gasteiger partial charge in [0.2, 0.25) is 0 Å². The molecule has 1 aromatic heterocycles. The molecule has 1 aromatic rings. The lowest BCUT2D eigenvalue weighted by molar-refractivity contribution is 0.221. The van der Waals surface area contributed by atoms with Crippen LogP contribution < -0.4 is 0 Å². The van der Waals surface area contributed by atoms with Gasteiger partial charge in [-0.25, -0.2) is 4.68 Å². The predicted molar refractivity (Wildman–Crippen MR) is 69.0 cm³/mol. The minimum atomic E-state index is 0.582. The van der Waals surface area contributed by atoms with E-state index in [0.717, 1.165) is 18.3 Å². The lowest BCUT2D eigenvalue weighted by Gasteiger charge is -2.26. The smallest absolute Gasteiger partial charge is 0.165 e. The molecular formula is C13H23N5. The average molecular weight is 249 g/mol. The van der Waals surface area contributed by atoms with Gasteiger partial charge in [0.1, 0.15) is 0 Å². The number of hydrogen-bond acceptors (Lipinski definition) is 4. The van der Waals surface area contributed by atoms with E-state index in [4.69, 9.17) is 0 Å². The highest BCUT2D eigenvalue weighted by atomic mass is 15.6. The molecule has 0 radical (unpaired) electrons. The summed E-state index contributed by atoms with van der Waals surface area (Å²) in [4.78, 5) is 2.39. The van der Waals surface area contributed by atoms with Gasteiger partial charge in [-0.2, -0.15) is 0 Å². The predicted octanol–water partition coefficient (Wildman–Crippen LogP) is 2.02. The van der Waals surface area contributed by atoms with Crippen LogP contribution in [0.15, 0.2) is 0 Å². The molecule has 0 N–H and O–H groups in total. The van der Waals surface area contributed by atoms with E-state index in [-0.39, 0.29) is 0 Å². The van der Waals surface area contributed by atoms with E-state index >= 15 is 0 Å². The summed E-state index contributed by atoms with van der Waals surface area (Å²) < 4.78 is 2.03. The first kappa shape index (κ1) is 12.1. The maximum absolute atomic E-state index is 4.17. The van der Waals surface area contributed by atoms with E-state index in [1.54, 1.807) is 0 Å². The van der Waals surface area contributed by atoms with Crippen LogP contribution >= 0.6 is 0 Å². The van der Waals surface area contributed by atoms with Crippen molar-refractivity contribution in [1.29, 1.82) is 0 Å². The molecule has 2 fully saturated rings. The van der Waals surface area contributed by atoms with Crippen LogP contribution in [-0.2, 0) is 6.54 Å². The normalized spacial score (nSPS) is 21.7. The lowest BCUT2D eigenvalue weighted by atomic mass is 9.89. The number of rotatable bonds is 5. The summed E-state index contributed by atoms with van der Waals surface area (Å²) in [5, 5.41) is 12.1. The van der Waals surface area contributed by atoms with Gasteiger partial charge in [0.15, 0.2) is 5.82 Å². The Morgan fingerprint density at radius 2 is 1.94 bits per heavy atom. The van der Waals surface area contributed by atoms with Gasteiger partial charge >= 0.3 is 0 Å². The molecule has 0 atom stereocenters. The van der Waals surface area contributed by atoms with Gasteiger partial charge in [0.05, 0.1) is 12.6 Å². The summed E-state index contributed by atoms with van der Waals surface area (Å²) in [6.45, 7) is 2.08. The van der Waals surface area contributed by atoms with Crippen LogP contribution in [0.25, 0.3) is 0 Å². The molecule has 3 rings (SSSR count). The van der Waals surface area contributed by atoms with E-state index in [1.165, 1.54) is 51.5 Å². The topological polar surface area (TPSA) is 46.8 Å². The third-order valence-electron chi connectivity index (χ3n) is 4.16. The van der Waals surface area contributed by atoms with E-state index in [1.807, 2.05) is 4.68 Å². The van der Waals surface area contributed by atoms with E-state index < -0.39 is 0 Å². The summed E-state index contributed by atoms with van der Waals surface area (Å²) >= 11 is 0. The molecule has 5 nitrogen and oxygen atoms in total. The molecule has 5 heteroatoms. The lowest BCUT2D eigenvalue weighted by Crippen LogP contribution is -2.28. The van der Waals surface area contributed by atoms with E-state index in [0.29, 0.717) is 6.04 Å². The molecule has 0 aromatic carbocycles. The third-order valence-corrected chi connectivity index (χ3v) is 4.16. The molecule has 2 aliphatic rings. The fraction of sp³-hybridized carbons (Fsp3) is 0.923. The van der Waals surface area contributed by atoms with Crippen LogP contribution in [0.3, 0.4) is 0 Å². The highest BCUT2D eigenvalue weighted by Gasteiger charge is 2.28. The third kappa shape index (κ3) is 2.88. The molecule has 0 spiro atoms. The fourth-order valence-corrected chi connectivity index (χ4v) is 3.04. The Kier molecular flexibility index (Phi) is 3.59. The Morgan fingerprint density at radius 3 is 2.67 bits per heavy atom. The molecule has 0 amide bonds. The first-order valence-electron chi connectivity index (χ1n) is 7.28. The minimum Gasteiger partial charge on any atom is -0.299 e. The van der Waals surface area contributed by atoms with Crippen molar-refractivity contribution in [3.05, 3.63) is 5.82 Å². The zero-order chi connectivity index (χ0) is 12.4.